The van der Waals surface area contributed by atoms with Crippen molar-refractivity contribution in [2.45, 2.75) is 39.0 Å². The van der Waals surface area contributed by atoms with Gasteiger partial charge in [0.15, 0.2) is 0 Å². The van der Waals surface area contributed by atoms with E-state index in [0.717, 1.165) is 38.2 Å². The molecule has 1 saturated heterocycles. The van der Waals surface area contributed by atoms with Crippen LogP contribution in [0.4, 0.5) is 13.2 Å². The number of rotatable bonds is 4. The molecule has 0 spiro atoms. The fourth-order valence-electron chi connectivity index (χ4n) is 2.83. The molecule has 2 rings (SSSR count). The Balaban J connectivity index is 2.05. The standard InChI is InChI=1S/C16H23F3N2/c1-3-12(2)15-10-20-8-9-21(15)11-13-4-6-14(7-5-13)16(17,18)19/h4-7,12,15,20H,3,8-11H2,1-2H3. The number of hydrogen-bond donors (Lipinski definition) is 1. The first-order valence-electron chi connectivity index (χ1n) is 7.52. The van der Waals surface area contributed by atoms with Crippen LogP contribution in [0.25, 0.3) is 0 Å². The lowest BCUT2D eigenvalue weighted by Crippen LogP contribution is -2.53. The molecule has 2 atom stereocenters. The molecule has 0 saturated carbocycles. The zero-order chi connectivity index (χ0) is 15.5. The Morgan fingerprint density at radius 1 is 1.29 bits per heavy atom. The summed E-state index contributed by atoms with van der Waals surface area (Å²) < 4.78 is 37.7. The summed E-state index contributed by atoms with van der Waals surface area (Å²) in [6.45, 7) is 7.96. The summed E-state index contributed by atoms with van der Waals surface area (Å²) in [5, 5.41) is 3.40. The Morgan fingerprint density at radius 3 is 2.52 bits per heavy atom. The van der Waals surface area contributed by atoms with E-state index in [1.165, 1.54) is 12.1 Å². The van der Waals surface area contributed by atoms with Gasteiger partial charge < -0.3 is 5.32 Å². The van der Waals surface area contributed by atoms with Crippen molar-refractivity contribution in [1.29, 1.82) is 0 Å². The number of piperazine rings is 1. The molecule has 0 radical (unpaired) electrons. The maximum Gasteiger partial charge on any atom is 0.416 e. The van der Waals surface area contributed by atoms with Crippen molar-refractivity contribution in [3.05, 3.63) is 35.4 Å². The second-order valence-electron chi connectivity index (χ2n) is 5.82. The summed E-state index contributed by atoms with van der Waals surface area (Å²) in [5.74, 6) is 0.576. The second kappa shape index (κ2) is 6.79. The van der Waals surface area contributed by atoms with Gasteiger partial charge in [-0.25, -0.2) is 0 Å². The molecule has 1 aliphatic rings. The maximum absolute atomic E-state index is 12.6. The van der Waals surface area contributed by atoms with Crippen molar-refractivity contribution in [1.82, 2.24) is 10.2 Å². The third kappa shape index (κ3) is 4.20. The zero-order valence-electron chi connectivity index (χ0n) is 12.6. The van der Waals surface area contributed by atoms with Gasteiger partial charge in [-0.1, -0.05) is 32.4 Å². The molecule has 0 bridgehead atoms. The minimum absolute atomic E-state index is 0.450. The van der Waals surface area contributed by atoms with Crippen LogP contribution in [-0.2, 0) is 12.7 Å². The SMILES string of the molecule is CCC(C)C1CNCCN1Cc1ccc(C(F)(F)F)cc1. The summed E-state index contributed by atoms with van der Waals surface area (Å²) >= 11 is 0. The lowest BCUT2D eigenvalue weighted by Gasteiger charge is -2.39. The molecule has 118 valence electrons. The zero-order valence-corrected chi connectivity index (χ0v) is 12.6. The Kier molecular flexibility index (Phi) is 5.27. The number of nitrogens with zero attached hydrogens (tertiary/aromatic N) is 1. The summed E-state index contributed by atoms with van der Waals surface area (Å²) in [5.41, 5.74) is 0.364. The Morgan fingerprint density at radius 2 is 1.95 bits per heavy atom. The molecule has 1 aromatic carbocycles. The van der Waals surface area contributed by atoms with Crippen LogP contribution in [0.1, 0.15) is 31.4 Å². The number of halogens is 3. The van der Waals surface area contributed by atoms with Crippen LogP contribution in [0.5, 0.6) is 0 Å². The Labute approximate surface area is 124 Å². The van der Waals surface area contributed by atoms with Gasteiger partial charge in [-0.3, -0.25) is 4.90 Å². The molecule has 5 heteroatoms. The molecular formula is C16H23F3N2. The minimum Gasteiger partial charge on any atom is -0.314 e. The predicted octanol–water partition coefficient (Wildman–Crippen LogP) is 3.53. The lowest BCUT2D eigenvalue weighted by atomic mass is 9.95. The van der Waals surface area contributed by atoms with Gasteiger partial charge in [0.05, 0.1) is 5.56 Å². The van der Waals surface area contributed by atoms with E-state index in [1.807, 2.05) is 0 Å². The van der Waals surface area contributed by atoms with E-state index >= 15 is 0 Å². The van der Waals surface area contributed by atoms with Crippen molar-refractivity contribution >= 4 is 0 Å². The third-order valence-electron chi connectivity index (χ3n) is 4.37. The number of benzene rings is 1. The molecule has 1 heterocycles. The highest BCUT2D eigenvalue weighted by Crippen LogP contribution is 2.29. The molecule has 0 amide bonds. The number of nitrogens with one attached hydrogen (secondary N) is 1. The van der Waals surface area contributed by atoms with Crippen LogP contribution in [-0.4, -0.2) is 30.6 Å². The molecule has 0 aromatic heterocycles. The van der Waals surface area contributed by atoms with E-state index in [0.29, 0.717) is 12.0 Å². The normalized spacial score (nSPS) is 22.2. The molecule has 2 nitrogen and oxygen atoms in total. The first-order valence-corrected chi connectivity index (χ1v) is 7.52. The Hall–Kier alpha value is -1.07. The predicted molar refractivity (Wildman–Crippen MR) is 78.0 cm³/mol. The quantitative estimate of drug-likeness (QED) is 0.915. The smallest absolute Gasteiger partial charge is 0.314 e. The van der Waals surface area contributed by atoms with E-state index in [1.54, 1.807) is 12.1 Å². The van der Waals surface area contributed by atoms with Crippen LogP contribution in [0, 0.1) is 5.92 Å². The highest BCUT2D eigenvalue weighted by Gasteiger charge is 2.30. The molecule has 0 aliphatic carbocycles. The van der Waals surface area contributed by atoms with Gasteiger partial charge >= 0.3 is 6.18 Å². The molecular weight excluding hydrogens is 277 g/mol. The van der Waals surface area contributed by atoms with Crippen molar-refractivity contribution in [2.24, 2.45) is 5.92 Å². The summed E-state index contributed by atoms with van der Waals surface area (Å²) in [6.07, 6.45) is -3.15. The molecule has 1 aliphatic heterocycles. The summed E-state index contributed by atoms with van der Waals surface area (Å²) in [6, 6.07) is 5.99. The fraction of sp³-hybridized carbons (Fsp3) is 0.625. The Bertz CT molecular complexity index is 442. The molecule has 1 fully saturated rings. The van der Waals surface area contributed by atoms with Crippen molar-refractivity contribution in [3.63, 3.8) is 0 Å². The molecule has 1 aromatic rings. The van der Waals surface area contributed by atoms with Crippen molar-refractivity contribution < 1.29 is 13.2 Å². The topological polar surface area (TPSA) is 15.3 Å². The van der Waals surface area contributed by atoms with E-state index in [2.05, 4.69) is 24.1 Å². The monoisotopic (exact) mass is 300 g/mol. The van der Waals surface area contributed by atoms with Gasteiger partial charge in [-0.2, -0.15) is 13.2 Å². The first-order chi connectivity index (χ1) is 9.91. The second-order valence-corrected chi connectivity index (χ2v) is 5.82. The van der Waals surface area contributed by atoms with E-state index < -0.39 is 11.7 Å². The van der Waals surface area contributed by atoms with Gasteiger partial charge in [0.25, 0.3) is 0 Å². The summed E-state index contributed by atoms with van der Waals surface area (Å²) in [7, 11) is 0. The largest absolute Gasteiger partial charge is 0.416 e. The van der Waals surface area contributed by atoms with Gasteiger partial charge in [0.2, 0.25) is 0 Å². The average molecular weight is 300 g/mol. The molecule has 1 N–H and O–H groups in total. The summed E-state index contributed by atoms with van der Waals surface area (Å²) in [4.78, 5) is 2.38. The fourth-order valence-corrected chi connectivity index (χ4v) is 2.83. The van der Waals surface area contributed by atoms with Crippen LogP contribution in [0.3, 0.4) is 0 Å². The van der Waals surface area contributed by atoms with Crippen molar-refractivity contribution in [3.8, 4) is 0 Å². The van der Waals surface area contributed by atoms with Crippen LogP contribution in [0.2, 0.25) is 0 Å². The first kappa shape index (κ1) is 16.3. The van der Waals surface area contributed by atoms with Gasteiger partial charge in [0.1, 0.15) is 0 Å². The van der Waals surface area contributed by atoms with E-state index in [-0.39, 0.29) is 0 Å². The average Bonchev–Trinajstić information content (AvgIpc) is 2.46. The highest BCUT2D eigenvalue weighted by atomic mass is 19.4. The van der Waals surface area contributed by atoms with Gasteiger partial charge in [0, 0.05) is 32.2 Å². The van der Waals surface area contributed by atoms with Gasteiger partial charge in [-0.15, -0.1) is 0 Å². The third-order valence-corrected chi connectivity index (χ3v) is 4.37. The molecule has 21 heavy (non-hydrogen) atoms. The van der Waals surface area contributed by atoms with Crippen LogP contribution >= 0.6 is 0 Å². The number of alkyl halides is 3. The lowest BCUT2D eigenvalue weighted by molar-refractivity contribution is -0.137. The highest BCUT2D eigenvalue weighted by molar-refractivity contribution is 5.24. The van der Waals surface area contributed by atoms with E-state index in [4.69, 9.17) is 0 Å². The van der Waals surface area contributed by atoms with Crippen LogP contribution < -0.4 is 5.32 Å². The van der Waals surface area contributed by atoms with E-state index in [9.17, 15) is 13.2 Å². The molecule has 2 unspecified atom stereocenters. The number of hydrogen-bond acceptors (Lipinski definition) is 2. The minimum atomic E-state index is -4.26. The van der Waals surface area contributed by atoms with Crippen molar-refractivity contribution in [2.75, 3.05) is 19.6 Å². The maximum atomic E-state index is 12.6. The van der Waals surface area contributed by atoms with Crippen LogP contribution in [0.15, 0.2) is 24.3 Å². The van der Waals surface area contributed by atoms with Gasteiger partial charge in [-0.05, 0) is 23.6 Å².